The lowest BCUT2D eigenvalue weighted by Crippen LogP contribution is -2.48. The molecule has 0 aromatic carbocycles. The maximum Gasteiger partial charge on any atom is 0.0673 e. The maximum atomic E-state index is 5.76. The predicted octanol–water partition coefficient (Wildman–Crippen LogP) is 3.29. The Hall–Kier alpha value is -0.120. The van der Waals surface area contributed by atoms with Crippen molar-refractivity contribution in [1.29, 1.82) is 0 Å². The van der Waals surface area contributed by atoms with Crippen LogP contribution >= 0.6 is 0 Å². The molecule has 2 atom stereocenters. The summed E-state index contributed by atoms with van der Waals surface area (Å²) in [4.78, 5) is 2.61. The van der Waals surface area contributed by atoms with Crippen LogP contribution in [0.1, 0.15) is 60.8 Å². The fourth-order valence-corrected chi connectivity index (χ4v) is 3.07. The zero-order valence-electron chi connectivity index (χ0n) is 14.6. The molecule has 0 aromatic heterocycles. The van der Waals surface area contributed by atoms with Crippen LogP contribution in [0.5, 0.6) is 0 Å². The summed E-state index contributed by atoms with van der Waals surface area (Å²) >= 11 is 0. The van der Waals surface area contributed by atoms with Crippen molar-refractivity contribution < 1.29 is 4.74 Å². The molecule has 0 spiro atoms. The molecule has 0 aromatic rings. The molecule has 1 N–H and O–H groups in total. The first-order valence-electron chi connectivity index (χ1n) is 8.33. The molecule has 1 fully saturated rings. The van der Waals surface area contributed by atoms with E-state index in [1.807, 2.05) is 0 Å². The number of hydrogen-bond acceptors (Lipinski definition) is 3. The van der Waals surface area contributed by atoms with Crippen molar-refractivity contribution in [2.24, 2.45) is 5.41 Å². The Morgan fingerprint density at radius 3 is 2.55 bits per heavy atom. The SMILES string of the molecule is CCCC(C)(CNC(C)(C)C)CN1CCCOC(C)C1. The van der Waals surface area contributed by atoms with Crippen molar-refractivity contribution in [3.63, 3.8) is 0 Å². The highest BCUT2D eigenvalue weighted by Crippen LogP contribution is 2.26. The molecule has 20 heavy (non-hydrogen) atoms. The molecule has 0 saturated carbocycles. The largest absolute Gasteiger partial charge is 0.377 e. The monoisotopic (exact) mass is 284 g/mol. The summed E-state index contributed by atoms with van der Waals surface area (Å²) in [5, 5.41) is 3.71. The fraction of sp³-hybridized carbons (Fsp3) is 1.00. The first-order chi connectivity index (χ1) is 9.24. The van der Waals surface area contributed by atoms with E-state index in [0.29, 0.717) is 11.5 Å². The highest BCUT2D eigenvalue weighted by Gasteiger charge is 2.29. The Labute approximate surface area is 126 Å². The van der Waals surface area contributed by atoms with Crippen molar-refractivity contribution in [2.45, 2.75) is 72.4 Å². The van der Waals surface area contributed by atoms with Crippen LogP contribution in [0.3, 0.4) is 0 Å². The molecule has 1 saturated heterocycles. The second-order valence-corrected chi connectivity index (χ2v) is 7.93. The molecule has 0 aliphatic carbocycles. The predicted molar refractivity (Wildman–Crippen MR) is 87.2 cm³/mol. The standard InChI is InChI=1S/C17H36N2O/c1-7-9-17(6,13-18-16(3,4)5)14-19-10-8-11-20-15(2)12-19/h15,18H,7-14H2,1-6H3. The molecule has 0 radical (unpaired) electrons. The molecular formula is C17H36N2O. The first-order valence-corrected chi connectivity index (χ1v) is 8.33. The van der Waals surface area contributed by atoms with Crippen LogP contribution < -0.4 is 5.32 Å². The fourth-order valence-electron chi connectivity index (χ4n) is 3.07. The van der Waals surface area contributed by atoms with Gasteiger partial charge in [0.2, 0.25) is 0 Å². The van der Waals surface area contributed by atoms with Crippen LogP contribution in [0.15, 0.2) is 0 Å². The molecule has 3 nitrogen and oxygen atoms in total. The van der Waals surface area contributed by atoms with Gasteiger partial charge in [-0.15, -0.1) is 0 Å². The molecule has 120 valence electrons. The van der Waals surface area contributed by atoms with Gasteiger partial charge in [-0.2, -0.15) is 0 Å². The van der Waals surface area contributed by atoms with Crippen molar-refractivity contribution >= 4 is 0 Å². The molecule has 1 aliphatic heterocycles. The van der Waals surface area contributed by atoms with Crippen molar-refractivity contribution in [3.05, 3.63) is 0 Å². The average molecular weight is 284 g/mol. The molecule has 1 heterocycles. The lowest BCUT2D eigenvalue weighted by molar-refractivity contribution is 0.0585. The Bertz CT molecular complexity index is 275. The molecule has 0 amide bonds. The summed E-state index contributed by atoms with van der Waals surface area (Å²) in [6, 6.07) is 0. The smallest absolute Gasteiger partial charge is 0.0673 e. The third kappa shape index (κ3) is 7.05. The second kappa shape index (κ2) is 7.77. The summed E-state index contributed by atoms with van der Waals surface area (Å²) in [5.41, 5.74) is 0.552. The number of rotatable bonds is 6. The third-order valence-corrected chi connectivity index (χ3v) is 4.04. The quantitative estimate of drug-likeness (QED) is 0.810. The number of nitrogens with one attached hydrogen (secondary N) is 1. The number of hydrogen-bond donors (Lipinski definition) is 1. The Morgan fingerprint density at radius 2 is 1.95 bits per heavy atom. The highest BCUT2D eigenvalue weighted by molar-refractivity contribution is 4.85. The van der Waals surface area contributed by atoms with E-state index in [1.54, 1.807) is 0 Å². The van der Waals surface area contributed by atoms with Gasteiger partial charge in [-0.1, -0.05) is 20.3 Å². The molecular weight excluding hydrogens is 248 g/mol. The van der Waals surface area contributed by atoms with Crippen LogP contribution in [0.25, 0.3) is 0 Å². The van der Waals surface area contributed by atoms with Crippen LogP contribution in [0.4, 0.5) is 0 Å². The van der Waals surface area contributed by atoms with Gasteiger partial charge in [0.05, 0.1) is 6.10 Å². The lowest BCUT2D eigenvalue weighted by Gasteiger charge is -2.38. The van der Waals surface area contributed by atoms with Gasteiger partial charge in [-0.3, -0.25) is 0 Å². The van der Waals surface area contributed by atoms with E-state index in [9.17, 15) is 0 Å². The van der Waals surface area contributed by atoms with Gasteiger partial charge in [-0.05, 0) is 46.0 Å². The van der Waals surface area contributed by atoms with E-state index >= 15 is 0 Å². The second-order valence-electron chi connectivity index (χ2n) is 7.93. The summed E-state index contributed by atoms with van der Waals surface area (Å²) in [6.45, 7) is 19.1. The minimum absolute atomic E-state index is 0.199. The van der Waals surface area contributed by atoms with Gasteiger partial charge >= 0.3 is 0 Å². The van der Waals surface area contributed by atoms with E-state index < -0.39 is 0 Å². The summed E-state index contributed by atoms with van der Waals surface area (Å²) in [5.74, 6) is 0. The van der Waals surface area contributed by atoms with Gasteiger partial charge in [0.25, 0.3) is 0 Å². The maximum absolute atomic E-state index is 5.76. The van der Waals surface area contributed by atoms with Crippen molar-refractivity contribution in [2.75, 3.05) is 32.8 Å². The normalized spacial score (nSPS) is 25.2. The summed E-state index contributed by atoms with van der Waals surface area (Å²) < 4.78 is 5.76. The average Bonchev–Trinajstić information content (AvgIpc) is 2.50. The third-order valence-electron chi connectivity index (χ3n) is 4.04. The minimum Gasteiger partial charge on any atom is -0.377 e. The first kappa shape index (κ1) is 17.9. The Balaban J connectivity index is 2.59. The minimum atomic E-state index is 0.199. The topological polar surface area (TPSA) is 24.5 Å². The van der Waals surface area contributed by atoms with E-state index in [2.05, 4.69) is 51.8 Å². The highest BCUT2D eigenvalue weighted by atomic mass is 16.5. The van der Waals surface area contributed by atoms with Crippen LogP contribution in [0, 0.1) is 5.41 Å². The Morgan fingerprint density at radius 1 is 1.25 bits per heavy atom. The Kier molecular flexibility index (Phi) is 6.96. The van der Waals surface area contributed by atoms with Gasteiger partial charge in [0.1, 0.15) is 0 Å². The molecule has 0 bridgehead atoms. The van der Waals surface area contributed by atoms with Crippen LogP contribution in [-0.4, -0.2) is 49.3 Å². The van der Waals surface area contributed by atoms with Gasteiger partial charge in [0, 0.05) is 38.3 Å². The number of ether oxygens (including phenoxy) is 1. The van der Waals surface area contributed by atoms with E-state index in [-0.39, 0.29) is 5.54 Å². The van der Waals surface area contributed by atoms with Crippen molar-refractivity contribution in [3.8, 4) is 0 Å². The van der Waals surface area contributed by atoms with Gasteiger partial charge < -0.3 is 15.0 Å². The van der Waals surface area contributed by atoms with Crippen LogP contribution in [0.2, 0.25) is 0 Å². The molecule has 1 rings (SSSR count). The molecule has 1 aliphatic rings. The summed E-state index contributed by atoms with van der Waals surface area (Å²) in [7, 11) is 0. The molecule has 3 heteroatoms. The van der Waals surface area contributed by atoms with Gasteiger partial charge in [0.15, 0.2) is 0 Å². The van der Waals surface area contributed by atoms with E-state index in [0.717, 1.165) is 19.7 Å². The number of nitrogens with zero attached hydrogens (tertiary/aromatic N) is 1. The van der Waals surface area contributed by atoms with Gasteiger partial charge in [-0.25, -0.2) is 0 Å². The van der Waals surface area contributed by atoms with Crippen LogP contribution in [-0.2, 0) is 4.74 Å². The zero-order valence-corrected chi connectivity index (χ0v) is 14.6. The van der Waals surface area contributed by atoms with Crippen molar-refractivity contribution in [1.82, 2.24) is 10.2 Å². The molecule has 2 unspecified atom stereocenters. The van der Waals surface area contributed by atoms with E-state index in [4.69, 9.17) is 4.74 Å². The zero-order chi connectivity index (χ0) is 15.2. The van der Waals surface area contributed by atoms with E-state index in [1.165, 1.54) is 32.4 Å². The lowest BCUT2D eigenvalue weighted by atomic mass is 9.84. The summed E-state index contributed by atoms with van der Waals surface area (Å²) in [6.07, 6.45) is 4.07.